The van der Waals surface area contributed by atoms with Gasteiger partial charge in [-0.2, -0.15) is 9.61 Å². The summed E-state index contributed by atoms with van der Waals surface area (Å²) in [5.74, 6) is -0.979. The van der Waals surface area contributed by atoms with Crippen LogP contribution in [0.1, 0.15) is 29.4 Å². The molecule has 0 aliphatic rings. The number of carboxylic acids is 1. The number of rotatable bonds is 4. The van der Waals surface area contributed by atoms with Crippen LogP contribution in [-0.2, 0) is 0 Å². The molecule has 0 aliphatic heterocycles. The number of aromatic nitrogens is 2. The van der Waals surface area contributed by atoms with Gasteiger partial charge in [0.05, 0.1) is 17.7 Å². The second-order valence-corrected chi connectivity index (χ2v) is 3.49. The third-order valence-electron chi connectivity index (χ3n) is 2.35. The SMILES string of the molecule is CCOc1ccc(C(=O)O)c2cc(C(F)F)nn12. The minimum Gasteiger partial charge on any atom is -0.478 e. The van der Waals surface area contributed by atoms with E-state index in [1.54, 1.807) is 6.92 Å². The summed E-state index contributed by atoms with van der Waals surface area (Å²) in [5, 5.41) is 12.6. The first-order chi connectivity index (χ1) is 8.54. The van der Waals surface area contributed by atoms with Crippen LogP contribution in [-0.4, -0.2) is 27.3 Å². The molecule has 0 aliphatic carbocycles. The monoisotopic (exact) mass is 256 g/mol. The van der Waals surface area contributed by atoms with E-state index in [0.29, 0.717) is 6.61 Å². The van der Waals surface area contributed by atoms with Crippen LogP contribution in [0, 0.1) is 0 Å². The van der Waals surface area contributed by atoms with Crippen molar-refractivity contribution in [3.05, 3.63) is 29.5 Å². The first-order valence-corrected chi connectivity index (χ1v) is 5.21. The predicted octanol–water partition coefficient (Wildman–Crippen LogP) is 2.37. The number of pyridine rings is 1. The Labute approximate surface area is 101 Å². The van der Waals surface area contributed by atoms with E-state index >= 15 is 0 Å². The van der Waals surface area contributed by atoms with Crippen LogP contribution in [0.2, 0.25) is 0 Å². The van der Waals surface area contributed by atoms with Crippen molar-refractivity contribution in [3.63, 3.8) is 0 Å². The lowest BCUT2D eigenvalue weighted by atomic mass is 10.2. The van der Waals surface area contributed by atoms with Crippen LogP contribution >= 0.6 is 0 Å². The Kier molecular flexibility index (Phi) is 3.14. The summed E-state index contributed by atoms with van der Waals surface area (Å²) in [5.41, 5.74) is -0.494. The highest BCUT2D eigenvalue weighted by Gasteiger charge is 2.19. The summed E-state index contributed by atoms with van der Waals surface area (Å²) in [6.45, 7) is 2.06. The number of carboxylic acid groups (broad SMARTS) is 1. The average molecular weight is 256 g/mol. The quantitative estimate of drug-likeness (QED) is 0.912. The Morgan fingerprint density at radius 3 is 2.83 bits per heavy atom. The largest absolute Gasteiger partial charge is 0.478 e. The number of hydrogen-bond donors (Lipinski definition) is 1. The lowest BCUT2D eigenvalue weighted by Gasteiger charge is -2.06. The fourth-order valence-corrected chi connectivity index (χ4v) is 1.61. The minimum absolute atomic E-state index is 0.0868. The maximum atomic E-state index is 12.6. The van der Waals surface area contributed by atoms with E-state index in [9.17, 15) is 13.6 Å². The molecule has 5 nitrogen and oxygen atoms in total. The van der Waals surface area contributed by atoms with Crippen molar-refractivity contribution in [1.29, 1.82) is 0 Å². The number of ether oxygens (including phenoxy) is 1. The van der Waals surface area contributed by atoms with Gasteiger partial charge in [0, 0.05) is 6.07 Å². The van der Waals surface area contributed by atoms with Crippen molar-refractivity contribution in [2.24, 2.45) is 0 Å². The molecule has 2 aromatic rings. The van der Waals surface area contributed by atoms with Crippen molar-refractivity contribution in [2.75, 3.05) is 6.61 Å². The molecule has 2 rings (SSSR count). The summed E-state index contributed by atoms with van der Waals surface area (Å²) < 4.78 is 31.5. The highest BCUT2D eigenvalue weighted by atomic mass is 19.3. The molecule has 0 unspecified atom stereocenters. The first-order valence-electron chi connectivity index (χ1n) is 5.21. The van der Waals surface area contributed by atoms with Crippen molar-refractivity contribution >= 4 is 11.5 Å². The molecule has 0 saturated carbocycles. The third-order valence-corrected chi connectivity index (χ3v) is 2.35. The summed E-state index contributed by atoms with van der Waals surface area (Å²) in [4.78, 5) is 11.0. The number of aromatic carboxylic acids is 1. The summed E-state index contributed by atoms with van der Waals surface area (Å²) in [7, 11) is 0. The third kappa shape index (κ3) is 1.99. The van der Waals surface area contributed by atoms with Crippen LogP contribution < -0.4 is 4.74 Å². The molecule has 0 aromatic carbocycles. The van der Waals surface area contributed by atoms with Crippen molar-refractivity contribution in [1.82, 2.24) is 9.61 Å². The van der Waals surface area contributed by atoms with Gasteiger partial charge in [0.1, 0.15) is 5.69 Å². The van der Waals surface area contributed by atoms with Gasteiger partial charge in [-0.05, 0) is 19.1 Å². The number of fused-ring (bicyclic) bond motifs is 1. The summed E-state index contributed by atoms with van der Waals surface area (Å²) >= 11 is 0. The lowest BCUT2D eigenvalue weighted by Crippen LogP contribution is -2.05. The van der Waals surface area contributed by atoms with Crippen molar-refractivity contribution in [2.45, 2.75) is 13.3 Å². The molecular weight excluding hydrogens is 246 g/mol. The van der Waals surface area contributed by atoms with Crippen molar-refractivity contribution < 1.29 is 23.4 Å². The molecule has 7 heteroatoms. The minimum atomic E-state index is -2.76. The normalized spacial score (nSPS) is 11.1. The molecule has 2 aromatic heterocycles. The number of nitrogens with zero attached hydrogens (tertiary/aromatic N) is 2. The second kappa shape index (κ2) is 4.59. The van der Waals surface area contributed by atoms with Crippen LogP contribution in [0.4, 0.5) is 8.78 Å². The van der Waals surface area contributed by atoms with E-state index in [2.05, 4.69) is 5.10 Å². The fraction of sp³-hybridized carbons (Fsp3) is 0.273. The standard InChI is InChI=1S/C11H10F2N2O3/c1-2-18-9-4-3-6(11(16)17)8-5-7(10(12)13)14-15(8)9/h3-5,10H,2H2,1H3,(H,16,17). The summed E-state index contributed by atoms with van der Waals surface area (Å²) in [6, 6.07) is 3.75. The smallest absolute Gasteiger partial charge is 0.337 e. The van der Waals surface area contributed by atoms with Gasteiger partial charge in [-0.15, -0.1) is 0 Å². The Morgan fingerprint density at radius 1 is 1.56 bits per heavy atom. The van der Waals surface area contributed by atoms with Crippen LogP contribution in [0.15, 0.2) is 18.2 Å². The van der Waals surface area contributed by atoms with Crippen molar-refractivity contribution in [3.8, 4) is 5.88 Å². The fourth-order valence-electron chi connectivity index (χ4n) is 1.61. The van der Waals surface area contributed by atoms with Gasteiger partial charge in [0.25, 0.3) is 6.43 Å². The Hall–Kier alpha value is -2.18. The number of halogens is 2. The van der Waals surface area contributed by atoms with E-state index in [1.807, 2.05) is 0 Å². The summed E-state index contributed by atoms with van der Waals surface area (Å²) in [6.07, 6.45) is -2.76. The van der Waals surface area contributed by atoms with E-state index in [0.717, 1.165) is 10.6 Å². The zero-order valence-electron chi connectivity index (χ0n) is 9.43. The Bertz CT molecular complexity index is 595. The lowest BCUT2D eigenvalue weighted by molar-refractivity contribution is 0.0698. The van der Waals surface area contributed by atoms with Gasteiger partial charge in [0.2, 0.25) is 5.88 Å². The molecule has 0 atom stereocenters. The average Bonchev–Trinajstić information content (AvgIpc) is 2.74. The Balaban J connectivity index is 2.70. The van der Waals surface area contributed by atoms with E-state index in [4.69, 9.17) is 9.84 Å². The van der Waals surface area contributed by atoms with Gasteiger partial charge in [-0.3, -0.25) is 0 Å². The first kappa shape index (κ1) is 12.3. The van der Waals surface area contributed by atoms with E-state index in [1.165, 1.54) is 12.1 Å². The number of alkyl halides is 2. The highest BCUT2D eigenvalue weighted by molar-refractivity contribution is 5.95. The topological polar surface area (TPSA) is 63.8 Å². The molecule has 0 radical (unpaired) electrons. The molecule has 0 bridgehead atoms. The van der Waals surface area contributed by atoms with Gasteiger partial charge in [-0.25, -0.2) is 13.6 Å². The van der Waals surface area contributed by atoms with Gasteiger partial charge >= 0.3 is 5.97 Å². The maximum absolute atomic E-state index is 12.6. The molecule has 0 amide bonds. The van der Waals surface area contributed by atoms with E-state index in [-0.39, 0.29) is 17.0 Å². The molecule has 0 spiro atoms. The molecule has 18 heavy (non-hydrogen) atoms. The van der Waals surface area contributed by atoms with Crippen LogP contribution in [0.25, 0.3) is 5.52 Å². The number of hydrogen-bond acceptors (Lipinski definition) is 3. The molecule has 1 N–H and O–H groups in total. The zero-order valence-corrected chi connectivity index (χ0v) is 9.43. The number of carbonyl (C=O) groups is 1. The Morgan fingerprint density at radius 2 is 2.28 bits per heavy atom. The van der Waals surface area contributed by atoms with Gasteiger partial charge in [0.15, 0.2) is 0 Å². The molecule has 0 saturated heterocycles. The molecule has 96 valence electrons. The van der Waals surface area contributed by atoms with Crippen LogP contribution in [0.5, 0.6) is 5.88 Å². The molecule has 0 fully saturated rings. The van der Waals surface area contributed by atoms with Crippen LogP contribution in [0.3, 0.4) is 0 Å². The predicted molar refractivity (Wildman–Crippen MR) is 58.3 cm³/mol. The highest BCUT2D eigenvalue weighted by Crippen LogP contribution is 2.25. The zero-order chi connectivity index (χ0) is 13.3. The van der Waals surface area contributed by atoms with E-state index < -0.39 is 18.1 Å². The second-order valence-electron chi connectivity index (χ2n) is 3.49. The van der Waals surface area contributed by atoms with Gasteiger partial charge < -0.3 is 9.84 Å². The molecular formula is C11H10F2N2O3. The molecule has 2 heterocycles. The maximum Gasteiger partial charge on any atom is 0.337 e. The van der Waals surface area contributed by atoms with Gasteiger partial charge in [-0.1, -0.05) is 0 Å².